The van der Waals surface area contributed by atoms with E-state index in [0.717, 1.165) is 51.7 Å². The maximum absolute atomic E-state index is 14.1. The molecular formula is C40H50N6O6S2. The average molecular weight is 775 g/mol. The summed E-state index contributed by atoms with van der Waals surface area (Å²) in [7, 11) is 1.59. The quantitative estimate of drug-likeness (QED) is 0.0561. The molecule has 3 aromatic carbocycles. The van der Waals surface area contributed by atoms with Gasteiger partial charge in [0.05, 0.1) is 33.7 Å². The Morgan fingerprint density at radius 2 is 1.87 bits per heavy atom. The number of benzene rings is 3. The molecule has 6 atom stereocenters. The first-order valence-electron chi connectivity index (χ1n) is 18.4. The fraction of sp³-hybridized carbons (Fsp3) is 0.450. The van der Waals surface area contributed by atoms with Gasteiger partial charge in [0, 0.05) is 12.6 Å². The van der Waals surface area contributed by atoms with E-state index in [1.165, 1.54) is 11.3 Å². The van der Waals surface area contributed by atoms with Gasteiger partial charge in [0.25, 0.3) is 0 Å². The van der Waals surface area contributed by atoms with E-state index in [-0.39, 0.29) is 30.4 Å². The molecule has 14 heteroatoms. The summed E-state index contributed by atoms with van der Waals surface area (Å²) >= 11 is -0.486. The number of nitrogens with two attached hydrogens (primary N) is 1. The number of amides is 2. The molecule has 6 rings (SSSR count). The van der Waals surface area contributed by atoms with Crippen LogP contribution in [-0.2, 0) is 31.4 Å². The lowest BCUT2D eigenvalue weighted by atomic mass is 9.74. The summed E-state index contributed by atoms with van der Waals surface area (Å²) < 4.78 is 24.8. The molecule has 5 unspecified atom stereocenters. The predicted octanol–water partition coefficient (Wildman–Crippen LogP) is 5.49. The van der Waals surface area contributed by atoms with Crippen LogP contribution in [0.5, 0.6) is 5.75 Å². The van der Waals surface area contributed by atoms with E-state index in [4.69, 9.17) is 14.8 Å². The molecule has 2 amide bonds. The smallest absolute Gasteiger partial charge is 0.243 e. The molecule has 2 aliphatic rings. The van der Waals surface area contributed by atoms with Gasteiger partial charge in [-0.25, -0.2) is 14.7 Å². The van der Waals surface area contributed by atoms with Crippen molar-refractivity contribution in [3.05, 3.63) is 87.9 Å². The number of aromatic nitrogens is 1. The van der Waals surface area contributed by atoms with Crippen LogP contribution in [0.2, 0.25) is 0 Å². The van der Waals surface area contributed by atoms with Crippen molar-refractivity contribution in [1.82, 2.24) is 20.7 Å². The summed E-state index contributed by atoms with van der Waals surface area (Å²) in [5, 5.41) is 15.3. The second-order valence-electron chi connectivity index (χ2n) is 14.6. The molecule has 12 nitrogen and oxygen atoms in total. The van der Waals surface area contributed by atoms with Crippen molar-refractivity contribution in [3.63, 3.8) is 0 Å². The monoisotopic (exact) mass is 774 g/mol. The lowest BCUT2D eigenvalue weighted by Crippen LogP contribution is -2.58. The van der Waals surface area contributed by atoms with E-state index in [0.29, 0.717) is 41.3 Å². The van der Waals surface area contributed by atoms with Gasteiger partial charge in [-0.05, 0) is 106 Å². The Bertz CT molecular complexity index is 2010. The number of thiazole rings is 1. The van der Waals surface area contributed by atoms with Crippen molar-refractivity contribution in [2.45, 2.75) is 102 Å². The van der Waals surface area contributed by atoms with Crippen molar-refractivity contribution >= 4 is 50.4 Å². The molecule has 2 fully saturated rings. The highest BCUT2D eigenvalue weighted by Gasteiger charge is 2.51. The number of guanidine groups is 1. The molecular weight excluding hydrogens is 725 g/mol. The first-order valence-corrected chi connectivity index (χ1v) is 20.3. The molecule has 54 heavy (non-hydrogen) atoms. The number of para-hydroxylation sites is 1. The van der Waals surface area contributed by atoms with Crippen LogP contribution in [0.1, 0.15) is 78.8 Å². The molecule has 1 aromatic heterocycles. The molecule has 0 bridgehead atoms. The average Bonchev–Trinajstić information content (AvgIpc) is 3.80. The molecule has 3 heterocycles. The number of aryl methyl sites for hydroxylation is 1. The Balaban J connectivity index is 1.12. The zero-order valence-electron chi connectivity index (χ0n) is 31.5. The third-order valence-electron chi connectivity index (χ3n) is 10.8. The van der Waals surface area contributed by atoms with Crippen molar-refractivity contribution in [2.24, 2.45) is 16.1 Å². The second-order valence-corrected chi connectivity index (χ2v) is 16.7. The number of aliphatic imine (C=N–C) groups is 1. The van der Waals surface area contributed by atoms with Crippen molar-refractivity contribution < 1.29 is 27.9 Å². The zero-order chi connectivity index (χ0) is 38.6. The number of carbonyl (C=O) groups excluding carboxylic acids is 2. The van der Waals surface area contributed by atoms with Crippen LogP contribution in [0.3, 0.4) is 0 Å². The molecule has 5 N–H and O–H groups in total. The number of hydrogen-bond donors (Lipinski definition) is 4. The van der Waals surface area contributed by atoms with Crippen LogP contribution in [-0.4, -0.2) is 68.8 Å². The molecule has 288 valence electrons. The van der Waals surface area contributed by atoms with Gasteiger partial charge in [0.2, 0.25) is 28.9 Å². The van der Waals surface area contributed by atoms with E-state index in [2.05, 4.69) is 20.8 Å². The Hall–Kier alpha value is -4.37. The van der Waals surface area contributed by atoms with Gasteiger partial charge >= 0.3 is 0 Å². The number of aliphatic hydroxyl groups excluding tert-OH is 1. The number of methoxy groups -OCH3 is 1. The van der Waals surface area contributed by atoms with E-state index >= 15 is 0 Å². The minimum atomic E-state index is -1.87. The van der Waals surface area contributed by atoms with Gasteiger partial charge in [-0.1, -0.05) is 49.4 Å². The summed E-state index contributed by atoms with van der Waals surface area (Å²) in [4.78, 5) is 39.6. The van der Waals surface area contributed by atoms with Crippen LogP contribution in [0, 0.1) is 26.2 Å². The number of hydrogen-bond acceptors (Lipinski definition) is 9. The number of hydroxylamine groups is 1. The zero-order valence-corrected chi connectivity index (χ0v) is 33.1. The fourth-order valence-electron chi connectivity index (χ4n) is 7.78. The van der Waals surface area contributed by atoms with Gasteiger partial charge in [0.1, 0.15) is 22.9 Å². The Morgan fingerprint density at radius 3 is 2.61 bits per heavy atom. The molecule has 0 spiro atoms. The number of nitrogens with zero attached hydrogens (tertiary/aromatic N) is 3. The maximum Gasteiger partial charge on any atom is 0.243 e. The van der Waals surface area contributed by atoms with Crippen LogP contribution in [0.4, 0.5) is 0 Å². The minimum Gasteiger partial charge on any atom is -0.496 e. The van der Waals surface area contributed by atoms with Gasteiger partial charge in [0.15, 0.2) is 0 Å². The molecule has 0 aliphatic carbocycles. The van der Waals surface area contributed by atoms with Crippen LogP contribution >= 0.6 is 11.3 Å². The van der Waals surface area contributed by atoms with Gasteiger partial charge in [-0.3, -0.25) is 14.6 Å². The summed E-state index contributed by atoms with van der Waals surface area (Å²) in [5.41, 5.74) is 12.2. The summed E-state index contributed by atoms with van der Waals surface area (Å²) in [6.45, 7) is 7.83. The fourth-order valence-corrected chi connectivity index (χ4v) is 9.77. The summed E-state index contributed by atoms with van der Waals surface area (Å²) in [6.07, 6.45) is 3.27. The maximum atomic E-state index is 14.1. The standard InChI is InChI=1S/C40H50N6O6S2/c1-24-22-32(51-5)25(2)26(3)35(24)54(50)52-45-39(41)42-21-11-15-30(34(47)37-44-29-14-9-10-16-33(29)53-37)43-36(48)31-18-17-28-19-20-40(4,38(49)46(28)31)23-27-12-7-6-8-13-27/h6-10,12-14,16,22,28,30-31,34,47H,11,15,17-21,23H2,1-5H3,(H,43,48)(H3,41,42,45)/t28?,30?,31?,34?,40-,54?/m0/s1. The van der Waals surface area contributed by atoms with Gasteiger partial charge in [-0.15, -0.1) is 11.3 Å². The SMILES string of the molecule is COc1cc(C)c(S(=O)ONC(N)=NCCCC(NC(=O)C2CCC3CC[C@@](C)(Cc4ccccc4)C(=O)N32)C(O)c2nc3ccccc3s2)c(C)c1C. The van der Waals surface area contributed by atoms with Gasteiger partial charge < -0.3 is 25.8 Å². The number of piperidine rings is 1. The topological polar surface area (TPSA) is 168 Å². The highest BCUT2D eigenvalue weighted by atomic mass is 32.2. The number of fused-ring (bicyclic) bond motifs is 2. The lowest BCUT2D eigenvalue weighted by Gasteiger charge is -2.43. The third-order valence-corrected chi connectivity index (χ3v) is 13.1. The highest BCUT2D eigenvalue weighted by molar-refractivity contribution is 7.80. The van der Waals surface area contributed by atoms with Crippen LogP contribution in [0.25, 0.3) is 10.2 Å². The predicted molar refractivity (Wildman–Crippen MR) is 211 cm³/mol. The molecule has 4 aromatic rings. The number of aliphatic hydroxyl groups is 1. The van der Waals surface area contributed by atoms with Crippen molar-refractivity contribution in [1.29, 1.82) is 0 Å². The van der Waals surface area contributed by atoms with E-state index < -0.39 is 34.7 Å². The molecule has 0 saturated carbocycles. The van der Waals surface area contributed by atoms with Gasteiger partial charge in [-0.2, -0.15) is 4.28 Å². The Labute approximate surface area is 323 Å². The van der Waals surface area contributed by atoms with E-state index in [1.54, 1.807) is 7.11 Å². The Kier molecular flexibility index (Phi) is 12.4. The van der Waals surface area contributed by atoms with Crippen molar-refractivity contribution in [3.8, 4) is 5.75 Å². The first kappa shape index (κ1) is 39.3. The normalized spacial score (nSPS) is 21.8. The van der Waals surface area contributed by atoms with Crippen LogP contribution in [0.15, 0.2) is 70.6 Å². The number of rotatable bonds is 14. The van der Waals surface area contributed by atoms with E-state index in [1.807, 2.05) is 93.3 Å². The largest absolute Gasteiger partial charge is 0.496 e. The van der Waals surface area contributed by atoms with E-state index in [9.17, 15) is 18.9 Å². The van der Waals surface area contributed by atoms with Crippen molar-refractivity contribution in [2.75, 3.05) is 13.7 Å². The second kappa shape index (κ2) is 17.0. The summed E-state index contributed by atoms with van der Waals surface area (Å²) in [5.74, 6) is 0.378. The number of nitrogens with one attached hydrogen (secondary N) is 2. The Morgan fingerprint density at radius 1 is 1.13 bits per heavy atom. The first-order chi connectivity index (χ1) is 25.9. The number of carbonyl (C=O) groups is 2. The number of ether oxygens (including phenoxy) is 1. The molecule has 2 saturated heterocycles. The van der Waals surface area contributed by atoms with Crippen LogP contribution < -0.4 is 21.3 Å². The highest BCUT2D eigenvalue weighted by Crippen LogP contribution is 2.43. The molecule has 0 radical (unpaired) electrons. The summed E-state index contributed by atoms with van der Waals surface area (Å²) in [6, 6.07) is 18.2. The minimum absolute atomic E-state index is 0.0106. The third kappa shape index (κ3) is 8.46. The lowest BCUT2D eigenvalue weighted by molar-refractivity contribution is -0.153. The molecule has 2 aliphatic heterocycles.